The van der Waals surface area contributed by atoms with E-state index in [1.807, 2.05) is 0 Å². The number of esters is 2. The predicted octanol–water partition coefficient (Wildman–Crippen LogP) is 16.8. The predicted molar refractivity (Wildman–Crippen MR) is 293 cm³/mol. The van der Waals surface area contributed by atoms with Crippen LogP contribution in [0.2, 0.25) is 0 Å². The van der Waals surface area contributed by atoms with Crippen molar-refractivity contribution in [1.82, 2.24) is 0 Å². The van der Waals surface area contributed by atoms with Crippen LogP contribution in [0.4, 0.5) is 0 Å². The smallest absolute Gasteiger partial charge is 0.462 e. The van der Waals surface area contributed by atoms with E-state index in [0.29, 0.717) is 12.8 Å². The lowest BCUT2D eigenvalue weighted by Crippen LogP contribution is -2.29. The van der Waals surface area contributed by atoms with Crippen molar-refractivity contribution in [3.05, 3.63) is 122 Å². The number of allylic oxidation sites excluding steroid dienone is 20. The van der Waals surface area contributed by atoms with E-state index < -0.39 is 32.5 Å². The molecule has 0 saturated heterocycles. The van der Waals surface area contributed by atoms with Crippen molar-refractivity contribution in [3.8, 4) is 0 Å². The third kappa shape index (κ3) is 53.6. The van der Waals surface area contributed by atoms with Gasteiger partial charge in [-0.05, 0) is 109 Å². The van der Waals surface area contributed by atoms with Crippen molar-refractivity contribution in [2.24, 2.45) is 5.73 Å². The number of ether oxygens (including phenoxy) is 2. The lowest BCUT2D eigenvalue weighted by molar-refractivity contribution is -0.161. The number of nitrogens with two attached hydrogens (primary N) is 1. The monoisotopic (exact) mass is 980 g/mol. The Morgan fingerprint density at radius 2 is 0.797 bits per heavy atom. The topological polar surface area (TPSA) is 134 Å². The molecule has 0 bridgehead atoms. The highest BCUT2D eigenvalue weighted by Crippen LogP contribution is 2.43. The van der Waals surface area contributed by atoms with Gasteiger partial charge in [-0.25, -0.2) is 4.57 Å². The van der Waals surface area contributed by atoms with E-state index in [1.54, 1.807) is 0 Å². The summed E-state index contributed by atoms with van der Waals surface area (Å²) in [5.74, 6) is -0.874. The first-order valence-electron chi connectivity index (χ1n) is 27.0. The molecule has 0 radical (unpaired) electrons. The van der Waals surface area contributed by atoms with E-state index in [2.05, 4.69) is 135 Å². The SMILES string of the molecule is CC/C=C\C/C=C\C/C=C\C/C=C\C/C=C\C/C=C\C/C=C\CCCCCCCC(=O)OC(COC(=O)CCCCCCCC/C=C\C/C=C\C/C=C\CCCCCCC)COP(=O)(O)OCCN. The van der Waals surface area contributed by atoms with Crippen LogP contribution in [0.3, 0.4) is 0 Å². The molecule has 2 atom stereocenters. The second kappa shape index (κ2) is 53.8. The molecular formula is C59H98NO8P. The highest BCUT2D eigenvalue weighted by molar-refractivity contribution is 7.47. The van der Waals surface area contributed by atoms with Crippen molar-refractivity contribution < 1.29 is 37.6 Å². The van der Waals surface area contributed by atoms with Gasteiger partial charge in [0, 0.05) is 19.4 Å². The van der Waals surface area contributed by atoms with Crippen LogP contribution in [-0.4, -0.2) is 49.3 Å². The Bertz CT molecular complexity index is 1540. The normalized spacial score (nSPS) is 14.1. The Balaban J connectivity index is 4.15. The summed E-state index contributed by atoms with van der Waals surface area (Å²) in [5.41, 5.74) is 5.37. The molecule has 0 fully saturated rings. The number of hydrogen-bond donors (Lipinski definition) is 2. The standard InChI is InChI=1S/C59H98NO8P/c1-3-5-7-9-11-13-15-17-19-21-23-25-26-27-28-29-30-32-34-36-38-40-42-44-46-48-50-52-59(62)68-57(56-67-69(63,64)66-54-53-60)55-65-58(61)51-49-47-45-43-41-39-37-35-33-31-24-22-20-18-16-14-12-10-8-6-4-2/h5,7,11,13,16-19,22-25,27-28,30,32-33,35-36,38,57H,3-4,6,8-10,12,14-15,20-21,26,29,31,34,37,39-56,60H2,1-2H3,(H,63,64)/b7-5-,13-11-,18-16-,19-17-,24-22-,25-23-,28-27-,32-30-,35-33-,38-36-. The van der Waals surface area contributed by atoms with Gasteiger partial charge in [0.15, 0.2) is 6.10 Å². The van der Waals surface area contributed by atoms with E-state index in [9.17, 15) is 19.0 Å². The highest BCUT2D eigenvalue weighted by Gasteiger charge is 2.26. The molecule has 0 spiro atoms. The fourth-order valence-corrected chi connectivity index (χ4v) is 7.62. The zero-order valence-electron chi connectivity index (χ0n) is 43.5. The quantitative estimate of drug-likeness (QED) is 0.0264. The molecule has 0 aliphatic carbocycles. The Kier molecular flexibility index (Phi) is 51.0. The molecule has 0 aromatic rings. The lowest BCUT2D eigenvalue weighted by atomic mass is 10.1. The van der Waals surface area contributed by atoms with Gasteiger partial charge >= 0.3 is 19.8 Å². The number of phosphoric ester groups is 1. The summed E-state index contributed by atoms with van der Waals surface area (Å²) in [4.78, 5) is 35.1. The molecule has 0 aliphatic heterocycles. The zero-order chi connectivity index (χ0) is 50.2. The summed E-state index contributed by atoms with van der Waals surface area (Å²) in [5, 5.41) is 0. The molecule has 2 unspecified atom stereocenters. The summed E-state index contributed by atoms with van der Waals surface area (Å²) in [6.07, 6.45) is 73.8. The first-order chi connectivity index (χ1) is 33.8. The van der Waals surface area contributed by atoms with Crippen LogP contribution in [0.1, 0.15) is 206 Å². The lowest BCUT2D eigenvalue weighted by Gasteiger charge is -2.19. The van der Waals surface area contributed by atoms with Crippen LogP contribution in [0, 0.1) is 0 Å². The number of rotatable bonds is 49. The van der Waals surface area contributed by atoms with Crippen molar-refractivity contribution in [3.63, 3.8) is 0 Å². The fourth-order valence-electron chi connectivity index (χ4n) is 6.86. The first kappa shape index (κ1) is 65.4. The van der Waals surface area contributed by atoms with Gasteiger partial charge in [-0.15, -0.1) is 0 Å². The van der Waals surface area contributed by atoms with Gasteiger partial charge in [-0.3, -0.25) is 18.6 Å². The van der Waals surface area contributed by atoms with Crippen LogP contribution in [0.25, 0.3) is 0 Å². The number of carbonyl (C=O) groups excluding carboxylic acids is 2. The summed E-state index contributed by atoms with van der Waals surface area (Å²) in [7, 11) is -4.40. The molecule has 0 rings (SSSR count). The minimum absolute atomic E-state index is 0.0407. The van der Waals surface area contributed by atoms with Gasteiger partial charge in [-0.2, -0.15) is 0 Å². The van der Waals surface area contributed by atoms with Crippen molar-refractivity contribution in [2.75, 3.05) is 26.4 Å². The fraction of sp³-hybridized carbons (Fsp3) is 0.627. The second-order valence-electron chi connectivity index (χ2n) is 17.4. The van der Waals surface area contributed by atoms with Gasteiger partial charge in [-0.1, -0.05) is 206 Å². The Morgan fingerprint density at radius 3 is 1.19 bits per heavy atom. The van der Waals surface area contributed by atoms with Crippen LogP contribution < -0.4 is 5.73 Å². The molecule has 392 valence electrons. The van der Waals surface area contributed by atoms with Crippen molar-refractivity contribution in [1.29, 1.82) is 0 Å². The van der Waals surface area contributed by atoms with Crippen LogP contribution in [-0.2, 0) is 32.7 Å². The van der Waals surface area contributed by atoms with Gasteiger partial charge in [0.1, 0.15) is 6.61 Å². The largest absolute Gasteiger partial charge is 0.472 e. The Morgan fingerprint density at radius 1 is 0.449 bits per heavy atom. The summed E-state index contributed by atoms with van der Waals surface area (Å²) >= 11 is 0. The summed E-state index contributed by atoms with van der Waals surface area (Å²) in [6.45, 7) is 3.56. The number of carbonyl (C=O) groups is 2. The van der Waals surface area contributed by atoms with Gasteiger partial charge < -0.3 is 20.1 Å². The maximum atomic E-state index is 12.7. The van der Waals surface area contributed by atoms with Gasteiger partial charge in [0.05, 0.1) is 13.2 Å². The average Bonchev–Trinajstić information content (AvgIpc) is 3.34. The highest BCUT2D eigenvalue weighted by atomic mass is 31.2. The second-order valence-corrected chi connectivity index (χ2v) is 18.8. The zero-order valence-corrected chi connectivity index (χ0v) is 44.4. The molecule has 0 saturated carbocycles. The van der Waals surface area contributed by atoms with Gasteiger partial charge in [0.25, 0.3) is 0 Å². The van der Waals surface area contributed by atoms with Crippen LogP contribution >= 0.6 is 7.82 Å². The number of hydrogen-bond acceptors (Lipinski definition) is 8. The van der Waals surface area contributed by atoms with E-state index >= 15 is 0 Å². The maximum Gasteiger partial charge on any atom is 0.472 e. The molecule has 3 N–H and O–H groups in total. The van der Waals surface area contributed by atoms with Crippen LogP contribution in [0.5, 0.6) is 0 Å². The third-order valence-corrected chi connectivity index (χ3v) is 11.8. The average molecular weight is 980 g/mol. The van der Waals surface area contributed by atoms with Crippen molar-refractivity contribution in [2.45, 2.75) is 213 Å². The molecule has 0 heterocycles. The Labute approximate surface area is 421 Å². The molecule has 0 aromatic carbocycles. The molecule has 9 nitrogen and oxygen atoms in total. The minimum Gasteiger partial charge on any atom is -0.462 e. The summed E-state index contributed by atoms with van der Waals surface area (Å²) < 4.78 is 32.9. The van der Waals surface area contributed by atoms with Crippen molar-refractivity contribution >= 4 is 19.8 Å². The van der Waals surface area contributed by atoms with E-state index in [0.717, 1.165) is 128 Å². The summed E-state index contributed by atoms with van der Waals surface area (Å²) in [6, 6.07) is 0. The first-order valence-corrected chi connectivity index (χ1v) is 28.5. The van der Waals surface area contributed by atoms with E-state index in [4.69, 9.17) is 24.3 Å². The molecular weight excluding hydrogens is 882 g/mol. The molecule has 10 heteroatoms. The van der Waals surface area contributed by atoms with Gasteiger partial charge in [0.2, 0.25) is 0 Å². The van der Waals surface area contributed by atoms with E-state index in [-0.39, 0.29) is 32.6 Å². The molecule has 0 aliphatic rings. The molecule has 0 aromatic heterocycles. The number of phosphoric acid groups is 1. The maximum absolute atomic E-state index is 12.7. The van der Waals surface area contributed by atoms with Crippen LogP contribution in [0.15, 0.2) is 122 Å². The molecule has 69 heavy (non-hydrogen) atoms. The Hall–Kier alpha value is -3.59. The number of unbranched alkanes of at least 4 members (excludes halogenated alkanes) is 16. The minimum atomic E-state index is -4.40. The van der Waals surface area contributed by atoms with E-state index in [1.165, 1.54) is 38.5 Å². The third-order valence-electron chi connectivity index (χ3n) is 10.8. The molecule has 0 amide bonds.